The predicted molar refractivity (Wildman–Crippen MR) is 170 cm³/mol. The van der Waals surface area contributed by atoms with Crippen LogP contribution in [0.3, 0.4) is 0 Å². The van der Waals surface area contributed by atoms with E-state index in [9.17, 15) is 26.4 Å². The molecule has 2 N–H and O–H groups in total. The van der Waals surface area contributed by atoms with Crippen molar-refractivity contribution < 1.29 is 26.4 Å². The van der Waals surface area contributed by atoms with Gasteiger partial charge in [0, 0.05) is 47.7 Å². The highest BCUT2D eigenvalue weighted by atomic mass is 32.2. The second-order valence-corrected chi connectivity index (χ2v) is 15.2. The van der Waals surface area contributed by atoms with Crippen LogP contribution in [-0.2, 0) is 20.0 Å². The Hall–Kier alpha value is -3.58. The Balaban J connectivity index is 1.17. The molecule has 0 aromatic heterocycles. The molecule has 234 valence electrons. The van der Waals surface area contributed by atoms with Gasteiger partial charge in [-0.05, 0) is 112 Å². The molecule has 2 aliphatic heterocycles. The number of carbonyl (C=O) groups excluding carboxylic acids is 2. The molecule has 2 heterocycles. The van der Waals surface area contributed by atoms with Crippen molar-refractivity contribution in [1.29, 1.82) is 0 Å². The molecule has 0 saturated carbocycles. The molecule has 10 nitrogen and oxygen atoms in total. The summed E-state index contributed by atoms with van der Waals surface area (Å²) >= 11 is 0. The Labute approximate surface area is 259 Å². The van der Waals surface area contributed by atoms with E-state index in [2.05, 4.69) is 10.6 Å². The standard InChI is InChI=1S/C32H38N4O6S2/c1-23-7-3-5-21-35(23)43(39,40)29-17-9-25(10-18-29)31(37)33-27-13-15-28(16-14-27)34-32(38)26-11-19-30(20-12-26)44(41,42)36-22-6-4-8-24(36)2/h9-20,23-24H,3-8,21-22H2,1-2H3,(H,33,37)(H,34,38)/t23-,24-/m0/s1. The summed E-state index contributed by atoms with van der Waals surface area (Å²) in [4.78, 5) is 25.9. The highest BCUT2D eigenvalue weighted by Crippen LogP contribution is 2.27. The lowest BCUT2D eigenvalue weighted by molar-refractivity contribution is 0.101. The number of piperidine rings is 2. The molecule has 0 bridgehead atoms. The number of nitrogens with zero attached hydrogens (tertiary/aromatic N) is 2. The minimum atomic E-state index is -3.62. The van der Waals surface area contributed by atoms with E-state index in [0.29, 0.717) is 35.6 Å². The maximum absolute atomic E-state index is 13.1. The monoisotopic (exact) mass is 638 g/mol. The van der Waals surface area contributed by atoms with Gasteiger partial charge >= 0.3 is 0 Å². The first-order chi connectivity index (χ1) is 21.0. The van der Waals surface area contributed by atoms with Gasteiger partial charge in [0.15, 0.2) is 0 Å². The number of hydrogen-bond donors (Lipinski definition) is 2. The van der Waals surface area contributed by atoms with E-state index in [1.165, 1.54) is 57.1 Å². The number of rotatable bonds is 8. The molecule has 0 spiro atoms. The fourth-order valence-corrected chi connectivity index (χ4v) is 9.13. The van der Waals surface area contributed by atoms with Gasteiger partial charge in [-0.3, -0.25) is 9.59 Å². The van der Waals surface area contributed by atoms with Crippen molar-refractivity contribution in [3.63, 3.8) is 0 Å². The van der Waals surface area contributed by atoms with E-state index >= 15 is 0 Å². The third-order valence-corrected chi connectivity index (χ3v) is 12.4. The quantitative estimate of drug-likeness (QED) is 0.343. The highest BCUT2D eigenvalue weighted by molar-refractivity contribution is 7.89. The van der Waals surface area contributed by atoms with Crippen molar-refractivity contribution in [3.05, 3.63) is 83.9 Å². The average Bonchev–Trinajstić information content (AvgIpc) is 3.02. The zero-order valence-electron chi connectivity index (χ0n) is 24.9. The molecular weight excluding hydrogens is 601 g/mol. The molecule has 3 aromatic carbocycles. The Morgan fingerprint density at radius 2 is 0.909 bits per heavy atom. The zero-order valence-corrected chi connectivity index (χ0v) is 26.5. The Kier molecular flexibility index (Phi) is 9.54. The fraction of sp³-hybridized carbons (Fsp3) is 0.375. The van der Waals surface area contributed by atoms with Crippen LogP contribution < -0.4 is 10.6 Å². The maximum atomic E-state index is 13.1. The molecule has 0 aliphatic carbocycles. The predicted octanol–water partition coefficient (Wildman–Crippen LogP) is 5.32. The first-order valence-electron chi connectivity index (χ1n) is 14.9. The third-order valence-electron chi connectivity index (χ3n) is 8.33. The number of nitrogens with one attached hydrogen (secondary N) is 2. The Bertz CT molecular complexity index is 1580. The van der Waals surface area contributed by atoms with Crippen LogP contribution in [0.2, 0.25) is 0 Å². The molecular formula is C32H38N4O6S2. The van der Waals surface area contributed by atoms with E-state index in [-0.39, 0.29) is 21.9 Å². The molecule has 0 radical (unpaired) electrons. The summed E-state index contributed by atoms with van der Waals surface area (Å²) in [6.07, 6.45) is 5.37. The van der Waals surface area contributed by atoms with Crippen molar-refractivity contribution >= 4 is 43.2 Å². The minimum Gasteiger partial charge on any atom is -0.322 e. The van der Waals surface area contributed by atoms with Gasteiger partial charge in [-0.2, -0.15) is 8.61 Å². The van der Waals surface area contributed by atoms with E-state index in [4.69, 9.17) is 0 Å². The molecule has 2 saturated heterocycles. The molecule has 12 heteroatoms. The highest BCUT2D eigenvalue weighted by Gasteiger charge is 2.32. The van der Waals surface area contributed by atoms with Gasteiger partial charge in [-0.25, -0.2) is 16.8 Å². The molecule has 2 amide bonds. The average molecular weight is 639 g/mol. The van der Waals surface area contributed by atoms with Gasteiger partial charge in [0.1, 0.15) is 0 Å². The number of sulfonamides is 2. The lowest BCUT2D eigenvalue weighted by Crippen LogP contribution is -2.41. The molecule has 2 aliphatic rings. The molecule has 5 rings (SSSR count). The van der Waals surface area contributed by atoms with E-state index < -0.39 is 31.9 Å². The van der Waals surface area contributed by atoms with Gasteiger partial charge in [0.2, 0.25) is 20.0 Å². The minimum absolute atomic E-state index is 0.0535. The summed E-state index contributed by atoms with van der Waals surface area (Å²) in [6.45, 7) is 4.82. The van der Waals surface area contributed by atoms with Gasteiger partial charge in [-0.1, -0.05) is 12.8 Å². The Morgan fingerprint density at radius 3 is 1.23 bits per heavy atom. The summed E-state index contributed by atoms with van der Waals surface area (Å²) in [6, 6.07) is 18.3. The zero-order chi connectivity index (χ0) is 31.5. The van der Waals surface area contributed by atoms with Crippen molar-refractivity contribution in [2.45, 2.75) is 74.2 Å². The summed E-state index contributed by atoms with van der Waals surface area (Å²) in [5, 5.41) is 5.55. The second-order valence-electron chi connectivity index (χ2n) is 11.5. The largest absolute Gasteiger partial charge is 0.322 e. The van der Waals surface area contributed by atoms with E-state index in [0.717, 1.165) is 38.5 Å². The SMILES string of the molecule is C[C@H]1CCCCN1S(=O)(=O)c1ccc(C(=O)Nc2ccc(NC(=O)c3ccc(S(=O)(=O)N4CCCC[C@@H]4C)cc3)cc2)cc1. The van der Waals surface area contributed by atoms with E-state index in [1.54, 1.807) is 24.3 Å². The molecule has 44 heavy (non-hydrogen) atoms. The maximum Gasteiger partial charge on any atom is 0.255 e. The summed E-state index contributed by atoms with van der Waals surface area (Å²) in [5.74, 6) is -0.794. The van der Waals surface area contributed by atoms with Crippen molar-refractivity contribution in [1.82, 2.24) is 8.61 Å². The number of carbonyl (C=O) groups is 2. The number of hydrogen-bond acceptors (Lipinski definition) is 6. The summed E-state index contributed by atoms with van der Waals surface area (Å²) in [5.41, 5.74) is 1.61. The second kappa shape index (κ2) is 13.2. The summed E-state index contributed by atoms with van der Waals surface area (Å²) in [7, 11) is -7.25. The molecule has 0 unspecified atom stereocenters. The first kappa shape index (κ1) is 31.8. The van der Waals surface area contributed by atoms with Crippen LogP contribution in [0.4, 0.5) is 11.4 Å². The number of benzene rings is 3. The smallest absolute Gasteiger partial charge is 0.255 e. The van der Waals surface area contributed by atoms with Crippen LogP contribution in [0.25, 0.3) is 0 Å². The lowest BCUT2D eigenvalue weighted by atomic mass is 10.1. The molecule has 2 atom stereocenters. The molecule has 2 fully saturated rings. The van der Waals surface area contributed by atoms with Gasteiger partial charge < -0.3 is 10.6 Å². The third kappa shape index (κ3) is 6.88. The summed E-state index contributed by atoms with van der Waals surface area (Å²) < 4.78 is 55.3. The van der Waals surface area contributed by atoms with E-state index in [1.807, 2.05) is 13.8 Å². The number of amides is 2. The van der Waals surface area contributed by atoms with Crippen molar-refractivity contribution in [2.24, 2.45) is 0 Å². The Morgan fingerprint density at radius 1 is 0.568 bits per heavy atom. The van der Waals surface area contributed by atoms with Crippen molar-refractivity contribution in [3.8, 4) is 0 Å². The lowest BCUT2D eigenvalue weighted by Gasteiger charge is -2.32. The normalized spacial score (nSPS) is 20.1. The van der Waals surface area contributed by atoms with Crippen LogP contribution in [0.15, 0.2) is 82.6 Å². The van der Waals surface area contributed by atoms with Crippen LogP contribution in [-0.4, -0.2) is 62.4 Å². The topological polar surface area (TPSA) is 133 Å². The van der Waals surface area contributed by atoms with Gasteiger partial charge in [0.05, 0.1) is 9.79 Å². The first-order valence-corrected chi connectivity index (χ1v) is 17.8. The van der Waals surface area contributed by atoms with Crippen LogP contribution >= 0.6 is 0 Å². The number of anilines is 2. The molecule has 3 aromatic rings. The van der Waals surface area contributed by atoms with Gasteiger partial charge in [-0.15, -0.1) is 0 Å². The van der Waals surface area contributed by atoms with Gasteiger partial charge in [0.25, 0.3) is 11.8 Å². The van der Waals surface area contributed by atoms with Crippen LogP contribution in [0.5, 0.6) is 0 Å². The van der Waals surface area contributed by atoms with Crippen LogP contribution in [0, 0.1) is 0 Å². The van der Waals surface area contributed by atoms with Crippen molar-refractivity contribution in [2.75, 3.05) is 23.7 Å². The van der Waals surface area contributed by atoms with Crippen LogP contribution in [0.1, 0.15) is 73.1 Å². The fourth-order valence-electron chi connectivity index (χ4n) is 5.73.